The minimum Gasteiger partial charge on any atom is -0.869 e. The Morgan fingerprint density at radius 2 is 1.46 bits per heavy atom. The number of nitrogens with two attached hydrogens (primary N) is 2. The van der Waals surface area contributed by atoms with Gasteiger partial charge in [-0.15, -0.1) is 12.4 Å². The molecule has 4 aliphatic rings. The van der Waals surface area contributed by atoms with Gasteiger partial charge in [-0.2, -0.15) is 26.3 Å². The third-order valence-electron chi connectivity index (χ3n) is 7.12. The molecule has 4 rings (SSSR count). The molecule has 0 aliphatic heterocycles. The summed E-state index contributed by atoms with van der Waals surface area (Å²) < 4.78 is 93.9. The Hall–Kier alpha value is -1.35. The van der Waals surface area contributed by atoms with Crippen LogP contribution in [0.15, 0.2) is 27.6 Å². The van der Waals surface area contributed by atoms with Gasteiger partial charge in [0.2, 0.25) is 11.6 Å². The van der Waals surface area contributed by atoms with Crippen LogP contribution in [0.5, 0.6) is 0 Å². The number of allylic oxidation sites excluding steroid dienone is 3. The number of esters is 2. The molecule has 4 saturated carbocycles. The molecule has 0 bridgehead atoms. The maximum Gasteiger partial charge on any atom is 1.00 e. The number of fused-ring (bicyclic) bond motifs is 2. The Labute approximate surface area is 328 Å². The van der Waals surface area contributed by atoms with E-state index >= 15 is 0 Å². The molecule has 1 radical (unpaired) electrons. The molecular formula is C27H36ClF6ILiN4O9V-. The molecule has 0 aromatic carbocycles. The standard InChI is InChI=1S/C12H13F3N2O3.C10H11F3O4.C4H10N2O2.CH2I.ClH.Li.V/c1-2-20-7(18)4-17-9-8(11(16)12(13,14)15)5-3-6(5)10(9)19;1-16-9(17-2)5-3-4(5)6(7(9)14)8(15)10(11,12)13;1-2-8-4(7)3-6-5;1-2;;;/h5-6H,2-4,16H2,1H3;4-5,15H,3H2,1-2H3;6H,2-3,5H2,1H3;1H2;1H;;/q;;;-1;;+1;/p-1/b;8-6-;;;;;/t5?,6-;4-,5+;;;;;/m10...../s1. The van der Waals surface area contributed by atoms with E-state index in [2.05, 4.69) is 24.8 Å². The Bertz CT molecular complexity index is 1280. The summed E-state index contributed by atoms with van der Waals surface area (Å²) in [5, 5.41) is 11.1. The zero-order valence-electron chi connectivity index (χ0n) is 27.5. The van der Waals surface area contributed by atoms with Gasteiger partial charge in [0.05, 0.1) is 13.2 Å². The molecule has 23 heteroatoms. The SMILES string of the molecule is CCOC(=O)CN=C1C(=O)[C@@H]2CC2C1=C(N)C(F)(F)F.CCOC(=O)CNN.COC1(OC)C(=O)/C(=C(\[O-])C(F)(F)F)[C@H]2C[C@H]21.Cl.[CH2-]I.[Li+].[V]. The molecule has 0 heterocycles. The Morgan fingerprint density at radius 3 is 1.86 bits per heavy atom. The number of ketones is 2. The van der Waals surface area contributed by atoms with E-state index in [1.807, 2.05) is 22.6 Å². The minimum atomic E-state index is -5.03. The monoisotopic (exact) mass is 894 g/mol. The van der Waals surface area contributed by atoms with E-state index in [4.69, 9.17) is 21.1 Å². The number of rotatable bonds is 8. The number of halogens is 8. The van der Waals surface area contributed by atoms with Crippen molar-refractivity contribution in [2.24, 2.45) is 40.2 Å². The van der Waals surface area contributed by atoms with Crippen molar-refractivity contribution < 1.29 is 107 Å². The molecule has 0 spiro atoms. The normalized spacial score (nSPS) is 24.7. The fourth-order valence-electron chi connectivity index (χ4n) is 5.03. The quantitative estimate of drug-likeness (QED) is 0.0257. The molecule has 4 atom stereocenters. The molecule has 0 aromatic heterocycles. The number of carbonyl (C=O) groups is 4. The topological polar surface area (TPSA) is 205 Å². The summed E-state index contributed by atoms with van der Waals surface area (Å²) in [7, 11) is 2.36. The summed E-state index contributed by atoms with van der Waals surface area (Å²) in [6.45, 7) is 3.47. The maximum atomic E-state index is 12.7. The van der Waals surface area contributed by atoms with Crippen LogP contribution in [0.2, 0.25) is 0 Å². The molecule has 1 unspecified atom stereocenters. The van der Waals surface area contributed by atoms with Crippen LogP contribution in [0.3, 0.4) is 0 Å². The van der Waals surface area contributed by atoms with Crippen LogP contribution in [-0.2, 0) is 56.7 Å². The van der Waals surface area contributed by atoms with Gasteiger partial charge in [-0.25, -0.2) is 5.43 Å². The fraction of sp³-hybridized carbons (Fsp3) is 0.630. The molecule has 13 nitrogen and oxygen atoms in total. The molecule has 50 heavy (non-hydrogen) atoms. The van der Waals surface area contributed by atoms with Gasteiger partial charge in [0.25, 0.3) is 0 Å². The van der Waals surface area contributed by atoms with Gasteiger partial charge in [0, 0.05) is 55.8 Å². The molecule has 5 N–H and O–H groups in total. The molecule has 0 aromatic rings. The smallest absolute Gasteiger partial charge is 0.869 e. The van der Waals surface area contributed by atoms with Gasteiger partial charge >= 0.3 is 43.2 Å². The van der Waals surface area contributed by atoms with Crippen LogP contribution in [0.25, 0.3) is 0 Å². The summed E-state index contributed by atoms with van der Waals surface area (Å²) in [6.07, 6.45) is -9.07. The molecule has 0 saturated heterocycles. The molecule has 281 valence electrons. The number of Topliss-reactive ketones (excluding diaryl/α,β-unsaturated/α-hetero) is 2. The van der Waals surface area contributed by atoms with Gasteiger partial charge in [-0.3, -0.25) is 34.9 Å². The number of carbonyl (C=O) groups excluding carboxylic acids is 4. The Morgan fingerprint density at radius 1 is 0.960 bits per heavy atom. The summed E-state index contributed by atoms with van der Waals surface area (Å²) in [4.78, 5) is 52.0. The van der Waals surface area contributed by atoms with E-state index in [0.29, 0.717) is 19.4 Å². The van der Waals surface area contributed by atoms with Crippen molar-refractivity contribution in [2.45, 2.75) is 44.8 Å². The van der Waals surface area contributed by atoms with Gasteiger partial charge in [0.1, 0.15) is 24.5 Å². The van der Waals surface area contributed by atoms with Crippen LogP contribution in [0, 0.1) is 28.6 Å². The van der Waals surface area contributed by atoms with E-state index in [1.165, 1.54) is 14.2 Å². The number of hydrogen-bond acceptors (Lipinski definition) is 13. The second-order valence-electron chi connectivity index (χ2n) is 9.89. The Kier molecular flexibility index (Phi) is 24.0. The number of nitrogens with zero attached hydrogens (tertiary/aromatic N) is 1. The number of methoxy groups -OCH3 is 2. The first-order valence-electron chi connectivity index (χ1n) is 13.7. The third-order valence-corrected chi connectivity index (χ3v) is 7.12. The largest absolute Gasteiger partial charge is 1.00 e. The average molecular weight is 895 g/mol. The molecular weight excluding hydrogens is 859 g/mol. The van der Waals surface area contributed by atoms with Crippen molar-refractivity contribution in [2.75, 3.05) is 40.5 Å². The van der Waals surface area contributed by atoms with Crippen molar-refractivity contribution in [1.82, 2.24) is 5.43 Å². The van der Waals surface area contributed by atoms with Crippen molar-refractivity contribution in [3.8, 4) is 0 Å². The van der Waals surface area contributed by atoms with Crippen LogP contribution < -0.4 is 41.0 Å². The minimum absolute atomic E-state index is 0. The van der Waals surface area contributed by atoms with Crippen molar-refractivity contribution >= 4 is 64.2 Å². The summed E-state index contributed by atoms with van der Waals surface area (Å²) in [6, 6.07) is 0. The van der Waals surface area contributed by atoms with Crippen LogP contribution in [-0.4, -0.2) is 87.9 Å². The summed E-state index contributed by atoms with van der Waals surface area (Å²) >= 11 is 1.90. The van der Waals surface area contributed by atoms with Crippen LogP contribution in [0.1, 0.15) is 26.7 Å². The Balaban J connectivity index is -0.000000673. The third kappa shape index (κ3) is 12.9. The van der Waals surface area contributed by atoms with E-state index < -0.39 is 82.9 Å². The van der Waals surface area contributed by atoms with E-state index in [-0.39, 0.29) is 80.2 Å². The second-order valence-corrected chi connectivity index (χ2v) is 9.89. The molecule has 4 fully saturated rings. The molecule has 0 amide bonds. The van der Waals surface area contributed by atoms with E-state index in [9.17, 15) is 50.6 Å². The second kappa shape index (κ2) is 22.7. The van der Waals surface area contributed by atoms with E-state index in [0.717, 1.165) is 0 Å². The predicted molar refractivity (Wildman–Crippen MR) is 165 cm³/mol. The van der Waals surface area contributed by atoms with Gasteiger partial charge < -0.3 is 52.4 Å². The number of hydrogen-bond donors (Lipinski definition) is 3. The van der Waals surface area contributed by atoms with Crippen LogP contribution in [0.4, 0.5) is 26.3 Å². The fourth-order valence-corrected chi connectivity index (χ4v) is 5.03. The number of aliphatic imine (C=N–C) groups is 1. The molecule has 4 aliphatic carbocycles. The van der Waals surface area contributed by atoms with Crippen LogP contribution >= 0.6 is 35.0 Å². The maximum absolute atomic E-state index is 12.7. The predicted octanol–water partition coefficient (Wildman–Crippen LogP) is -0.996. The number of nitrogens with one attached hydrogen (secondary N) is 1. The van der Waals surface area contributed by atoms with Crippen molar-refractivity contribution in [3.63, 3.8) is 0 Å². The average Bonchev–Trinajstić information content (AvgIpc) is 3.92. The van der Waals surface area contributed by atoms with Crippen molar-refractivity contribution in [3.05, 3.63) is 27.5 Å². The van der Waals surface area contributed by atoms with Gasteiger partial charge in [-0.05, 0) is 44.3 Å². The van der Waals surface area contributed by atoms with Crippen molar-refractivity contribution in [1.29, 1.82) is 0 Å². The summed E-state index contributed by atoms with van der Waals surface area (Å²) in [5.41, 5.74) is 4.66. The van der Waals surface area contributed by atoms with E-state index in [1.54, 1.807) is 13.8 Å². The first kappa shape index (κ1) is 53.0. The van der Waals surface area contributed by atoms with Gasteiger partial charge in [-0.1, -0.05) is 0 Å². The number of alkyl halides is 6. The number of hydrazine groups is 1. The zero-order valence-corrected chi connectivity index (χ0v) is 31.9. The first-order valence-corrected chi connectivity index (χ1v) is 15.2. The number of ether oxygens (including phenoxy) is 4. The van der Waals surface area contributed by atoms with Gasteiger partial charge in [0.15, 0.2) is 5.78 Å². The zero-order chi connectivity index (χ0) is 36.5. The first-order chi connectivity index (χ1) is 21.9. The summed E-state index contributed by atoms with van der Waals surface area (Å²) in [5.74, 6) is -3.60.